The van der Waals surface area contributed by atoms with Crippen molar-refractivity contribution >= 4 is 28.3 Å². The molecule has 0 unspecified atom stereocenters. The lowest BCUT2D eigenvalue weighted by atomic mass is 10.2. The van der Waals surface area contributed by atoms with Crippen molar-refractivity contribution in [1.29, 1.82) is 0 Å². The third-order valence-corrected chi connectivity index (χ3v) is 4.12. The van der Waals surface area contributed by atoms with Crippen LogP contribution in [-0.2, 0) is 10.0 Å². The van der Waals surface area contributed by atoms with E-state index in [2.05, 4.69) is 10.0 Å². The highest BCUT2D eigenvalue weighted by atomic mass is 35.5. The molecule has 0 saturated carbocycles. The quantitative estimate of drug-likeness (QED) is 0.790. The van der Waals surface area contributed by atoms with E-state index in [4.69, 9.17) is 0 Å². The van der Waals surface area contributed by atoms with Gasteiger partial charge in [0.15, 0.2) is 0 Å². The molecular weight excluding hydrogens is 302 g/mol. The monoisotopic (exact) mass is 321 g/mol. The van der Waals surface area contributed by atoms with Gasteiger partial charge in [0.05, 0.1) is 4.90 Å². The lowest BCUT2D eigenvalue weighted by Gasteiger charge is -2.17. The number of hydrogen-bond acceptors (Lipinski definition) is 4. The third kappa shape index (κ3) is 4.75. The van der Waals surface area contributed by atoms with Gasteiger partial charge in [-0.2, -0.15) is 0 Å². The maximum absolute atomic E-state index is 12.1. The molecule has 0 aliphatic heterocycles. The van der Waals surface area contributed by atoms with Crippen molar-refractivity contribution in [2.75, 3.05) is 34.2 Å². The predicted octanol–water partition coefficient (Wildman–Crippen LogP) is 0.308. The van der Waals surface area contributed by atoms with Gasteiger partial charge in [0.2, 0.25) is 10.0 Å². The Morgan fingerprint density at radius 3 is 2.50 bits per heavy atom. The van der Waals surface area contributed by atoms with Crippen LogP contribution < -0.4 is 10.0 Å². The Morgan fingerprint density at radius 1 is 1.30 bits per heavy atom. The molecule has 0 saturated heterocycles. The van der Waals surface area contributed by atoms with Gasteiger partial charge in [-0.25, -0.2) is 13.1 Å². The van der Waals surface area contributed by atoms with E-state index >= 15 is 0 Å². The van der Waals surface area contributed by atoms with Crippen LogP contribution in [0, 0.1) is 0 Å². The van der Waals surface area contributed by atoms with Crippen LogP contribution in [0.5, 0.6) is 0 Å². The van der Waals surface area contributed by atoms with Crippen molar-refractivity contribution in [3.8, 4) is 0 Å². The molecule has 0 atom stereocenters. The summed E-state index contributed by atoms with van der Waals surface area (Å²) < 4.78 is 25.6. The number of hydrogen-bond donors (Lipinski definition) is 2. The van der Waals surface area contributed by atoms with Crippen molar-refractivity contribution in [2.24, 2.45) is 0 Å². The predicted molar refractivity (Wildman–Crippen MR) is 80.8 cm³/mol. The molecule has 114 valence electrons. The molecule has 8 heteroatoms. The standard InChI is InChI=1S/C12H19N3O3S.ClH/c1-13-7-8-15(3)12(16)10-5-4-6-11(9-10)19(17,18)14-2;/h4-6,9,13-14H,7-8H2,1-3H3;1H. The summed E-state index contributed by atoms with van der Waals surface area (Å²) >= 11 is 0. The number of sulfonamides is 1. The second-order valence-electron chi connectivity index (χ2n) is 4.07. The molecule has 0 bridgehead atoms. The van der Waals surface area contributed by atoms with E-state index in [1.165, 1.54) is 19.2 Å². The van der Waals surface area contributed by atoms with Crippen LogP contribution in [0.2, 0.25) is 0 Å². The third-order valence-electron chi connectivity index (χ3n) is 2.70. The molecular formula is C12H20ClN3O3S. The fourth-order valence-corrected chi connectivity index (χ4v) is 2.29. The van der Waals surface area contributed by atoms with Gasteiger partial charge in [-0.05, 0) is 32.3 Å². The Balaban J connectivity index is 0.00000361. The molecule has 6 nitrogen and oxygen atoms in total. The average molecular weight is 322 g/mol. The average Bonchev–Trinajstić information content (AvgIpc) is 2.44. The van der Waals surface area contributed by atoms with Crippen LogP contribution in [0.15, 0.2) is 29.2 Å². The van der Waals surface area contributed by atoms with Crippen molar-refractivity contribution in [3.63, 3.8) is 0 Å². The lowest BCUT2D eigenvalue weighted by molar-refractivity contribution is 0.0796. The molecule has 20 heavy (non-hydrogen) atoms. The summed E-state index contributed by atoms with van der Waals surface area (Å²) in [7, 11) is 1.29. The Hall–Kier alpha value is -1.15. The molecule has 0 fully saturated rings. The van der Waals surface area contributed by atoms with E-state index in [1.54, 1.807) is 31.1 Å². The minimum absolute atomic E-state index is 0. The second kappa shape index (κ2) is 8.21. The number of nitrogens with one attached hydrogen (secondary N) is 2. The van der Waals surface area contributed by atoms with Crippen molar-refractivity contribution in [2.45, 2.75) is 4.90 Å². The molecule has 1 aromatic carbocycles. The van der Waals surface area contributed by atoms with Crippen LogP contribution in [0.3, 0.4) is 0 Å². The van der Waals surface area contributed by atoms with E-state index in [0.29, 0.717) is 18.7 Å². The molecule has 0 aliphatic carbocycles. The summed E-state index contributed by atoms with van der Waals surface area (Å²) in [5.74, 6) is -0.205. The number of nitrogens with zero attached hydrogens (tertiary/aromatic N) is 1. The van der Waals surface area contributed by atoms with Crippen LogP contribution in [0.25, 0.3) is 0 Å². The van der Waals surface area contributed by atoms with E-state index in [0.717, 1.165) is 0 Å². The molecule has 0 radical (unpaired) electrons. The van der Waals surface area contributed by atoms with Crippen LogP contribution in [-0.4, -0.2) is 53.5 Å². The second-order valence-corrected chi connectivity index (χ2v) is 5.95. The minimum atomic E-state index is -3.53. The topological polar surface area (TPSA) is 78.5 Å². The Morgan fingerprint density at radius 2 is 1.95 bits per heavy atom. The number of carbonyl (C=O) groups excluding carboxylic acids is 1. The first-order valence-electron chi connectivity index (χ1n) is 5.86. The summed E-state index contributed by atoms with van der Waals surface area (Å²) in [6.45, 7) is 1.23. The zero-order chi connectivity index (χ0) is 14.5. The maximum Gasteiger partial charge on any atom is 0.253 e. The number of likely N-dealkylation sites (N-methyl/N-ethyl adjacent to an activating group) is 2. The normalized spacial score (nSPS) is 10.8. The highest BCUT2D eigenvalue weighted by Gasteiger charge is 2.16. The summed E-state index contributed by atoms with van der Waals surface area (Å²) in [6.07, 6.45) is 0. The zero-order valence-electron chi connectivity index (χ0n) is 11.7. The van der Waals surface area contributed by atoms with Crippen molar-refractivity contribution < 1.29 is 13.2 Å². The highest BCUT2D eigenvalue weighted by molar-refractivity contribution is 7.89. The van der Waals surface area contributed by atoms with Crippen molar-refractivity contribution in [3.05, 3.63) is 29.8 Å². The Labute approximate surface area is 126 Å². The van der Waals surface area contributed by atoms with Gasteiger partial charge in [-0.3, -0.25) is 4.79 Å². The summed E-state index contributed by atoms with van der Waals surface area (Å²) in [5, 5.41) is 2.95. The highest BCUT2D eigenvalue weighted by Crippen LogP contribution is 2.12. The van der Waals surface area contributed by atoms with Gasteiger partial charge in [0.25, 0.3) is 5.91 Å². The number of amides is 1. The summed E-state index contributed by atoms with van der Waals surface area (Å²) in [5.41, 5.74) is 0.356. The van der Waals surface area contributed by atoms with Crippen LogP contribution >= 0.6 is 12.4 Å². The van der Waals surface area contributed by atoms with E-state index in [1.807, 2.05) is 0 Å². The number of carbonyl (C=O) groups is 1. The van der Waals surface area contributed by atoms with E-state index < -0.39 is 10.0 Å². The number of benzene rings is 1. The molecule has 0 heterocycles. The first-order chi connectivity index (χ1) is 8.92. The molecule has 0 aromatic heterocycles. The first-order valence-corrected chi connectivity index (χ1v) is 7.34. The molecule has 2 N–H and O–H groups in total. The number of halogens is 1. The fourth-order valence-electron chi connectivity index (χ4n) is 1.52. The van der Waals surface area contributed by atoms with Gasteiger partial charge >= 0.3 is 0 Å². The van der Waals surface area contributed by atoms with Gasteiger partial charge in [-0.15, -0.1) is 12.4 Å². The zero-order valence-corrected chi connectivity index (χ0v) is 13.3. The van der Waals surface area contributed by atoms with Gasteiger partial charge in [0, 0.05) is 25.7 Å². The smallest absolute Gasteiger partial charge is 0.253 e. The first kappa shape index (κ1) is 18.9. The van der Waals surface area contributed by atoms with Crippen LogP contribution in [0.1, 0.15) is 10.4 Å². The van der Waals surface area contributed by atoms with E-state index in [-0.39, 0.29) is 23.2 Å². The molecule has 1 amide bonds. The summed E-state index contributed by atoms with van der Waals surface area (Å²) in [4.78, 5) is 13.7. The van der Waals surface area contributed by atoms with Gasteiger partial charge in [0.1, 0.15) is 0 Å². The van der Waals surface area contributed by atoms with Gasteiger partial charge in [-0.1, -0.05) is 6.07 Å². The lowest BCUT2D eigenvalue weighted by Crippen LogP contribution is -2.32. The van der Waals surface area contributed by atoms with Gasteiger partial charge < -0.3 is 10.2 Å². The van der Waals surface area contributed by atoms with Crippen LogP contribution in [0.4, 0.5) is 0 Å². The van der Waals surface area contributed by atoms with E-state index in [9.17, 15) is 13.2 Å². The Bertz CT molecular complexity index is 549. The molecule has 1 aromatic rings. The molecule has 0 spiro atoms. The summed E-state index contributed by atoms with van der Waals surface area (Å²) in [6, 6.07) is 6.00. The maximum atomic E-state index is 12.1. The Kier molecular flexibility index (Phi) is 7.74. The minimum Gasteiger partial charge on any atom is -0.340 e. The molecule has 0 aliphatic rings. The molecule has 1 rings (SSSR count). The fraction of sp³-hybridized carbons (Fsp3) is 0.417. The van der Waals surface area contributed by atoms with Crippen molar-refractivity contribution in [1.82, 2.24) is 14.9 Å². The largest absolute Gasteiger partial charge is 0.340 e. The SMILES string of the molecule is CNCCN(C)C(=O)c1cccc(S(=O)(=O)NC)c1.Cl. The number of rotatable bonds is 6.